The Balaban J connectivity index is 1.91. The molecule has 2 aromatic heterocycles. The van der Waals surface area contributed by atoms with Crippen molar-refractivity contribution in [1.82, 2.24) is 19.6 Å². The van der Waals surface area contributed by atoms with Crippen molar-refractivity contribution in [2.24, 2.45) is 0 Å². The molecular formula is C18H14FN5O. The van der Waals surface area contributed by atoms with Crippen LogP contribution in [0.15, 0.2) is 59.4 Å². The molecule has 0 atom stereocenters. The van der Waals surface area contributed by atoms with Crippen molar-refractivity contribution in [3.63, 3.8) is 0 Å². The molecule has 0 amide bonds. The lowest BCUT2D eigenvalue weighted by molar-refractivity contribution is 0.628. The van der Waals surface area contributed by atoms with Gasteiger partial charge in [-0.15, -0.1) is 0 Å². The van der Waals surface area contributed by atoms with Crippen LogP contribution in [0.5, 0.6) is 0 Å². The van der Waals surface area contributed by atoms with Crippen molar-refractivity contribution in [1.29, 1.82) is 0 Å². The van der Waals surface area contributed by atoms with Gasteiger partial charge < -0.3 is 5.32 Å². The molecule has 0 unspecified atom stereocenters. The SMILES string of the molecule is Cc1ccc(F)cc1Nc1nc(-c2ccccc2)cc2n[nH]c(=O)n12. The summed E-state index contributed by atoms with van der Waals surface area (Å²) in [5.74, 6) is -0.105. The van der Waals surface area contributed by atoms with Crippen LogP contribution >= 0.6 is 0 Å². The number of aromatic amines is 1. The van der Waals surface area contributed by atoms with Crippen LogP contribution in [0, 0.1) is 12.7 Å². The maximum Gasteiger partial charge on any atom is 0.350 e. The molecule has 0 radical (unpaired) electrons. The molecule has 2 heterocycles. The molecule has 0 aliphatic heterocycles. The maximum atomic E-state index is 13.6. The minimum absolute atomic E-state index is 0.267. The summed E-state index contributed by atoms with van der Waals surface area (Å²) in [5, 5.41) is 9.47. The van der Waals surface area contributed by atoms with Crippen LogP contribution in [0.25, 0.3) is 16.9 Å². The van der Waals surface area contributed by atoms with Crippen LogP contribution in [0.1, 0.15) is 5.56 Å². The largest absolute Gasteiger partial charge is 0.350 e. The van der Waals surface area contributed by atoms with Gasteiger partial charge in [0.25, 0.3) is 0 Å². The highest BCUT2D eigenvalue weighted by Crippen LogP contribution is 2.24. The zero-order chi connectivity index (χ0) is 17.4. The van der Waals surface area contributed by atoms with E-state index in [1.807, 2.05) is 37.3 Å². The molecule has 0 aliphatic rings. The summed E-state index contributed by atoms with van der Waals surface area (Å²) >= 11 is 0. The number of halogens is 1. The van der Waals surface area contributed by atoms with E-state index >= 15 is 0 Å². The highest BCUT2D eigenvalue weighted by molar-refractivity contribution is 5.68. The van der Waals surface area contributed by atoms with Gasteiger partial charge in [-0.25, -0.2) is 23.7 Å². The summed E-state index contributed by atoms with van der Waals surface area (Å²) in [6.07, 6.45) is 0. The maximum absolute atomic E-state index is 13.6. The standard InChI is InChI=1S/C18H14FN5O/c1-11-7-8-13(19)9-14(11)20-17-21-15(12-5-3-2-4-6-12)10-16-22-23-18(25)24(16)17/h2-10H,1H3,(H,20,21)(H,23,25). The highest BCUT2D eigenvalue weighted by atomic mass is 19.1. The van der Waals surface area contributed by atoms with E-state index in [1.165, 1.54) is 16.5 Å². The molecule has 2 N–H and O–H groups in total. The zero-order valence-corrected chi connectivity index (χ0v) is 13.3. The summed E-state index contributed by atoms with van der Waals surface area (Å²) in [6, 6.07) is 15.7. The molecule has 7 heteroatoms. The number of nitrogens with zero attached hydrogens (tertiary/aromatic N) is 3. The monoisotopic (exact) mass is 335 g/mol. The molecule has 6 nitrogen and oxygen atoms in total. The summed E-state index contributed by atoms with van der Waals surface area (Å²) in [5.41, 5.74) is 2.92. The van der Waals surface area contributed by atoms with Gasteiger partial charge in [-0.2, -0.15) is 5.10 Å². The number of H-pyrrole nitrogens is 1. The Morgan fingerprint density at radius 3 is 2.72 bits per heavy atom. The number of nitrogens with one attached hydrogen (secondary N) is 2. The first-order valence-electron chi connectivity index (χ1n) is 7.68. The lowest BCUT2D eigenvalue weighted by Crippen LogP contribution is -2.15. The zero-order valence-electron chi connectivity index (χ0n) is 13.3. The number of rotatable bonds is 3. The van der Waals surface area contributed by atoms with Gasteiger partial charge in [0.2, 0.25) is 5.95 Å². The quantitative estimate of drug-likeness (QED) is 0.602. The third kappa shape index (κ3) is 2.76. The first-order valence-corrected chi connectivity index (χ1v) is 7.68. The van der Waals surface area contributed by atoms with Gasteiger partial charge in [0.1, 0.15) is 5.82 Å². The summed E-state index contributed by atoms with van der Waals surface area (Å²) in [7, 11) is 0. The predicted octanol–water partition coefficient (Wildman–Crippen LogP) is 3.28. The van der Waals surface area contributed by atoms with Crippen molar-refractivity contribution >= 4 is 17.3 Å². The van der Waals surface area contributed by atoms with Gasteiger partial charge in [-0.05, 0) is 24.6 Å². The number of anilines is 2. The fourth-order valence-electron chi connectivity index (χ4n) is 2.62. The Morgan fingerprint density at radius 1 is 1.12 bits per heavy atom. The summed E-state index contributed by atoms with van der Waals surface area (Å²) < 4.78 is 14.9. The van der Waals surface area contributed by atoms with Crippen molar-refractivity contribution < 1.29 is 4.39 Å². The van der Waals surface area contributed by atoms with E-state index in [4.69, 9.17) is 0 Å². The lowest BCUT2D eigenvalue weighted by atomic mass is 10.1. The second-order valence-electron chi connectivity index (χ2n) is 5.64. The predicted molar refractivity (Wildman–Crippen MR) is 93.5 cm³/mol. The Hall–Kier alpha value is -3.48. The van der Waals surface area contributed by atoms with Gasteiger partial charge in [0.15, 0.2) is 5.65 Å². The van der Waals surface area contributed by atoms with Crippen molar-refractivity contribution in [2.45, 2.75) is 6.92 Å². The third-order valence-corrected chi connectivity index (χ3v) is 3.92. The molecule has 4 rings (SSSR count). The van der Waals surface area contributed by atoms with Crippen molar-refractivity contribution in [2.75, 3.05) is 5.32 Å². The minimum atomic E-state index is -0.418. The average molecular weight is 335 g/mol. The summed E-state index contributed by atoms with van der Waals surface area (Å²) in [6.45, 7) is 1.85. The molecule has 124 valence electrons. The molecule has 0 bridgehead atoms. The Morgan fingerprint density at radius 2 is 1.92 bits per heavy atom. The first kappa shape index (κ1) is 15.1. The fourth-order valence-corrected chi connectivity index (χ4v) is 2.62. The summed E-state index contributed by atoms with van der Waals surface area (Å²) in [4.78, 5) is 16.6. The molecule has 0 saturated carbocycles. The van der Waals surface area contributed by atoms with E-state index in [2.05, 4.69) is 20.5 Å². The van der Waals surface area contributed by atoms with Gasteiger partial charge in [0.05, 0.1) is 5.69 Å². The van der Waals surface area contributed by atoms with Gasteiger partial charge in [-0.3, -0.25) is 0 Å². The molecule has 25 heavy (non-hydrogen) atoms. The topological polar surface area (TPSA) is 75.1 Å². The number of hydrogen-bond donors (Lipinski definition) is 2. The van der Waals surface area contributed by atoms with Gasteiger partial charge >= 0.3 is 5.69 Å². The fraction of sp³-hybridized carbons (Fsp3) is 0.0556. The molecule has 0 saturated heterocycles. The van der Waals surface area contributed by atoms with Crippen LogP contribution in [0.4, 0.5) is 16.0 Å². The van der Waals surface area contributed by atoms with Gasteiger partial charge in [0, 0.05) is 17.3 Å². The third-order valence-electron chi connectivity index (χ3n) is 3.92. The van der Waals surface area contributed by atoms with Crippen LogP contribution in [0.3, 0.4) is 0 Å². The normalized spacial score (nSPS) is 11.0. The highest BCUT2D eigenvalue weighted by Gasteiger charge is 2.13. The number of aryl methyl sites for hydroxylation is 1. The van der Waals surface area contributed by atoms with Crippen LogP contribution < -0.4 is 11.0 Å². The Kier molecular flexibility index (Phi) is 3.53. The second kappa shape index (κ2) is 5.86. The van der Waals surface area contributed by atoms with Crippen LogP contribution in [0.2, 0.25) is 0 Å². The van der Waals surface area contributed by atoms with E-state index in [-0.39, 0.29) is 11.8 Å². The smallest absolute Gasteiger partial charge is 0.325 e. The van der Waals surface area contributed by atoms with E-state index < -0.39 is 5.69 Å². The number of fused-ring (bicyclic) bond motifs is 1. The van der Waals surface area contributed by atoms with E-state index in [9.17, 15) is 9.18 Å². The molecule has 0 spiro atoms. The van der Waals surface area contributed by atoms with Crippen molar-refractivity contribution in [3.05, 3.63) is 76.5 Å². The Labute approximate surface area is 142 Å². The molecule has 0 fully saturated rings. The number of aromatic nitrogens is 4. The minimum Gasteiger partial charge on any atom is -0.325 e. The molecule has 4 aromatic rings. The average Bonchev–Trinajstić information content (AvgIpc) is 3.00. The first-order chi connectivity index (χ1) is 12.1. The van der Waals surface area contributed by atoms with E-state index in [0.29, 0.717) is 17.0 Å². The lowest BCUT2D eigenvalue weighted by Gasteiger charge is -2.11. The van der Waals surface area contributed by atoms with Gasteiger partial charge in [-0.1, -0.05) is 36.4 Å². The number of benzene rings is 2. The molecule has 0 aliphatic carbocycles. The van der Waals surface area contributed by atoms with E-state index in [0.717, 1.165) is 11.1 Å². The Bertz CT molecular complexity index is 1120. The number of hydrogen-bond acceptors (Lipinski definition) is 4. The van der Waals surface area contributed by atoms with Crippen LogP contribution in [-0.4, -0.2) is 19.6 Å². The molecule has 2 aromatic carbocycles. The van der Waals surface area contributed by atoms with E-state index in [1.54, 1.807) is 12.1 Å². The van der Waals surface area contributed by atoms with Crippen LogP contribution in [-0.2, 0) is 0 Å². The second-order valence-corrected chi connectivity index (χ2v) is 5.64. The van der Waals surface area contributed by atoms with Crippen molar-refractivity contribution in [3.8, 4) is 11.3 Å². The molecular weight excluding hydrogens is 321 g/mol.